The van der Waals surface area contributed by atoms with Gasteiger partial charge >= 0.3 is 0 Å². The Bertz CT molecular complexity index is 211. The lowest BCUT2D eigenvalue weighted by atomic mass is 10.2. The third kappa shape index (κ3) is 4.41. The van der Waals surface area contributed by atoms with Crippen LogP contribution < -0.4 is 5.32 Å². The zero-order valence-electron chi connectivity index (χ0n) is 7.99. The van der Waals surface area contributed by atoms with Crippen LogP contribution in [-0.4, -0.2) is 17.8 Å². The molecule has 2 nitrogen and oxygen atoms in total. The first-order chi connectivity index (χ1) is 6.33. The van der Waals surface area contributed by atoms with Gasteiger partial charge in [0.15, 0.2) is 0 Å². The molecular formula is C10H17NOS. The van der Waals surface area contributed by atoms with Crippen molar-refractivity contribution in [3.05, 3.63) is 22.4 Å². The summed E-state index contributed by atoms with van der Waals surface area (Å²) in [6.45, 7) is 3.39. The van der Waals surface area contributed by atoms with Gasteiger partial charge in [0.05, 0.1) is 0 Å². The number of nitrogens with one attached hydrogen (secondary N) is 1. The molecule has 0 fully saturated rings. The molecule has 1 rings (SSSR count). The molecule has 13 heavy (non-hydrogen) atoms. The van der Waals surface area contributed by atoms with Crippen molar-refractivity contribution in [1.82, 2.24) is 5.32 Å². The van der Waals surface area contributed by atoms with Crippen LogP contribution in [0.2, 0.25) is 0 Å². The van der Waals surface area contributed by atoms with Crippen molar-refractivity contribution < 1.29 is 5.11 Å². The summed E-state index contributed by atoms with van der Waals surface area (Å²) in [6.07, 6.45) is 1.93. The van der Waals surface area contributed by atoms with Crippen LogP contribution in [0.1, 0.15) is 25.3 Å². The van der Waals surface area contributed by atoms with Gasteiger partial charge in [0.1, 0.15) is 0 Å². The Labute approximate surface area is 83.6 Å². The number of rotatable bonds is 6. The lowest BCUT2D eigenvalue weighted by molar-refractivity contribution is 0.276. The molecule has 2 N–H and O–H groups in total. The highest BCUT2D eigenvalue weighted by molar-refractivity contribution is 7.07. The van der Waals surface area contributed by atoms with E-state index in [-0.39, 0.29) is 0 Å². The molecule has 0 aromatic carbocycles. The van der Waals surface area contributed by atoms with Gasteiger partial charge < -0.3 is 10.4 Å². The summed E-state index contributed by atoms with van der Waals surface area (Å²) in [5.41, 5.74) is 1.35. The molecule has 1 aromatic heterocycles. The first-order valence-electron chi connectivity index (χ1n) is 4.68. The van der Waals surface area contributed by atoms with Crippen LogP contribution in [0.25, 0.3) is 0 Å². The van der Waals surface area contributed by atoms with E-state index in [9.17, 15) is 0 Å². The molecule has 1 aromatic rings. The fourth-order valence-electron chi connectivity index (χ4n) is 1.18. The number of hydrogen-bond acceptors (Lipinski definition) is 3. The second-order valence-electron chi connectivity index (χ2n) is 3.28. The summed E-state index contributed by atoms with van der Waals surface area (Å²) in [5, 5.41) is 16.3. The van der Waals surface area contributed by atoms with Crippen LogP contribution in [0.3, 0.4) is 0 Å². The topological polar surface area (TPSA) is 32.3 Å². The van der Waals surface area contributed by atoms with Gasteiger partial charge in [-0.1, -0.05) is 0 Å². The number of aliphatic hydroxyl groups is 1. The molecule has 0 saturated heterocycles. The second-order valence-corrected chi connectivity index (χ2v) is 4.06. The molecule has 0 radical (unpaired) electrons. The summed E-state index contributed by atoms with van der Waals surface area (Å²) in [4.78, 5) is 0. The van der Waals surface area contributed by atoms with E-state index in [2.05, 4.69) is 29.1 Å². The number of hydrogen-bond donors (Lipinski definition) is 2. The standard InChI is InChI=1S/C10H17NOS/c1-9(3-2-5-12)11-7-10-4-6-13-8-10/h4,6,8-9,11-12H,2-3,5,7H2,1H3. The van der Waals surface area contributed by atoms with Gasteiger partial charge in [0.25, 0.3) is 0 Å². The first-order valence-corrected chi connectivity index (χ1v) is 5.62. The molecule has 1 atom stereocenters. The quantitative estimate of drug-likeness (QED) is 0.734. The minimum Gasteiger partial charge on any atom is -0.396 e. The molecule has 1 unspecified atom stereocenters. The monoisotopic (exact) mass is 199 g/mol. The van der Waals surface area contributed by atoms with Crippen LogP contribution in [0.15, 0.2) is 16.8 Å². The Morgan fingerprint density at radius 3 is 3.08 bits per heavy atom. The van der Waals surface area contributed by atoms with Crippen molar-refractivity contribution in [3.63, 3.8) is 0 Å². The molecule has 74 valence electrons. The normalized spacial score (nSPS) is 13.1. The molecule has 0 bridgehead atoms. The zero-order chi connectivity index (χ0) is 9.52. The Morgan fingerprint density at radius 2 is 2.46 bits per heavy atom. The highest BCUT2D eigenvalue weighted by Crippen LogP contribution is 2.06. The summed E-state index contributed by atoms with van der Waals surface area (Å²) in [6, 6.07) is 2.63. The predicted octanol–water partition coefficient (Wildman–Crippen LogP) is 2.00. The van der Waals surface area contributed by atoms with E-state index < -0.39 is 0 Å². The smallest absolute Gasteiger partial charge is 0.0431 e. The Balaban J connectivity index is 2.11. The predicted molar refractivity (Wildman–Crippen MR) is 56.9 cm³/mol. The van der Waals surface area contributed by atoms with Gasteiger partial charge in [-0.15, -0.1) is 0 Å². The SMILES string of the molecule is CC(CCCO)NCc1ccsc1. The molecule has 3 heteroatoms. The maximum atomic E-state index is 8.64. The highest BCUT2D eigenvalue weighted by atomic mass is 32.1. The largest absolute Gasteiger partial charge is 0.396 e. The van der Waals surface area contributed by atoms with Gasteiger partial charge in [0, 0.05) is 19.2 Å². The van der Waals surface area contributed by atoms with Crippen molar-refractivity contribution >= 4 is 11.3 Å². The minimum absolute atomic E-state index is 0.296. The molecule has 0 aliphatic rings. The average molecular weight is 199 g/mol. The molecule has 0 aliphatic heterocycles. The third-order valence-corrected chi connectivity index (χ3v) is 2.76. The van der Waals surface area contributed by atoms with Gasteiger partial charge in [-0.05, 0) is 42.2 Å². The molecule has 0 saturated carbocycles. The van der Waals surface area contributed by atoms with Crippen LogP contribution in [0, 0.1) is 0 Å². The Hall–Kier alpha value is -0.380. The van der Waals surface area contributed by atoms with E-state index in [0.29, 0.717) is 12.6 Å². The zero-order valence-corrected chi connectivity index (χ0v) is 8.81. The minimum atomic E-state index is 0.296. The van der Waals surface area contributed by atoms with E-state index in [1.807, 2.05) is 0 Å². The molecule has 0 aliphatic carbocycles. The van der Waals surface area contributed by atoms with Crippen molar-refractivity contribution in [1.29, 1.82) is 0 Å². The van der Waals surface area contributed by atoms with Crippen molar-refractivity contribution in [2.24, 2.45) is 0 Å². The second kappa shape index (κ2) is 6.13. The van der Waals surface area contributed by atoms with Gasteiger partial charge in [-0.2, -0.15) is 11.3 Å². The van der Waals surface area contributed by atoms with Crippen LogP contribution in [0.5, 0.6) is 0 Å². The summed E-state index contributed by atoms with van der Waals surface area (Å²) in [5.74, 6) is 0. The van der Waals surface area contributed by atoms with E-state index >= 15 is 0 Å². The van der Waals surface area contributed by atoms with Crippen molar-refractivity contribution in [2.45, 2.75) is 32.4 Å². The van der Waals surface area contributed by atoms with Gasteiger partial charge in [-0.25, -0.2) is 0 Å². The summed E-state index contributed by atoms with van der Waals surface area (Å²) < 4.78 is 0. The van der Waals surface area contributed by atoms with Gasteiger partial charge in [0.2, 0.25) is 0 Å². The highest BCUT2D eigenvalue weighted by Gasteiger charge is 2.00. The number of aliphatic hydroxyl groups excluding tert-OH is 1. The first kappa shape index (κ1) is 10.7. The molecule has 1 heterocycles. The number of thiophene rings is 1. The van der Waals surface area contributed by atoms with Crippen molar-refractivity contribution in [3.8, 4) is 0 Å². The summed E-state index contributed by atoms with van der Waals surface area (Å²) >= 11 is 1.73. The Morgan fingerprint density at radius 1 is 1.62 bits per heavy atom. The lowest BCUT2D eigenvalue weighted by Gasteiger charge is -2.11. The average Bonchev–Trinajstić information content (AvgIpc) is 2.64. The maximum absolute atomic E-state index is 8.64. The third-order valence-electron chi connectivity index (χ3n) is 2.03. The van der Waals surface area contributed by atoms with E-state index in [1.54, 1.807) is 11.3 Å². The van der Waals surface area contributed by atoms with Crippen LogP contribution in [-0.2, 0) is 6.54 Å². The van der Waals surface area contributed by atoms with Gasteiger partial charge in [-0.3, -0.25) is 0 Å². The van der Waals surface area contributed by atoms with Crippen molar-refractivity contribution in [2.75, 3.05) is 6.61 Å². The van der Waals surface area contributed by atoms with Crippen LogP contribution in [0.4, 0.5) is 0 Å². The molecular weight excluding hydrogens is 182 g/mol. The summed E-state index contributed by atoms with van der Waals surface area (Å²) in [7, 11) is 0. The molecule has 0 spiro atoms. The van der Waals surface area contributed by atoms with E-state index in [0.717, 1.165) is 19.4 Å². The Kier molecular flexibility index (Phi) is 5.05. The maximum Gasteiger partial charge on any atom is 0.0431 e. The van der Waals surface area contributed by atoms with Crippen LogP contribution >= 0.6 is 11.3 Å². The lowest BCUT2D eigenvalue weighted by Crippen LogP contribution is -2.25. The van der Waals surface area contributed by atoms with E-state index in [4.69, 9.17) is 5.11 Å². The van der Waals surface area contributed by atoms with E-state index in [1.165, 1.54) is 5.56 Å². The fourth-order valence-corrected chi connectivity index (χ4v) is 1.85. The fraction of sp³-hybridized carbons (Fsp3) is 0.600. The molecule has 0 amide bonds.